The van der Waals surface area contributed by atoms with Crippen molar-refractivity contribution in [2.45, 2.75) is 396 Å². The van der Waals surface area contributed by atoms with Gasteiger partial charge in [-0.1, -0.05) is 244 Å². The van der Waals surface area contributed by atoms with Crippen LogP contribution in [0.2, 0.25) is 10.0 Å². The van der Waals surface area contributed by atoms with E-state index in [4.69, 9.17) is 27.9 Å². The molecule has 20 rings (SSSR count). The Kier molecular flexibility index (Phi) is 37.4. The summed E-state index contributed by atoms with van der Waals surface area (Å²) in [6.07, 6.45) is 32.0. The molecule has 19 heteroatoms. The summed E-state index contributed by atoms with van der Waals surface area (Å²) in [4.78, 5) is 73.4. The van der Waals surface area contributed by atoms with Crippen molar-refractivity contribution >= 4 is 68.3 Å². The van der Waals surface area contributed by atoms with Crippen molar-refractivity contribution in [3.63, 3.8) is 0 Å². The van der Waals surface area contributed by atoms with Crippen molar-refractivity contribution in [1.82, 2.24) is 44.1 Å². The van der Waals surface area contributed by atoms with Crippen LogP contribution in [-0.4, -0.2) is 244 Å². The number of rotatable bonds is 25. The lowest BCUT2D eigenvalue weighted by atomic mass is 9.48. The number of thiophene rings is 1. The first-order valence-corrected chi connectivity index (χ1v) is 60.0. The maximum Gasteiger partial charge on any atom is 0.409 e. The van der Waals surface area contributed by atoms with Gasteiger partial charge in [-0.25, -0.2) is 4.79 Å². The minimum atomic E-state index is -0.630. The molecular formula is C129H189Cl2N9O7S. The van der Waals surface area contributed by atoms with E-state index in [9.17, 15) is 29.4 Å². The molecule has 13 aliphatic rings. The second-order valence-corrected chi connectivity index (χ2v) is 52.3. The fourth-order valence-corrected chi connectivity index (χ4v) is 31.5. The molecule has 812 valence electrons. The molecule has 12 atom stereocenters. The van der Waals surface area contributed by atoms with Crippen molar-refractivity contribution < 1.29 is 34.1 Å². The Morgan fingerprint density at radius 3 is 1.70 bits per heavy atom. The summed E-state index contributed by atoms with van der Waals surface area (Å²) in [6.45, 7) is 69.5. The molecule has 6 aromatic carbocycles. The third-order valence-electron chi connectivity index (χ3n) is 40.0. The number of ketones is 1. The summed E-state index contributed by atoms with van der Waals surface area (Å²) in [7, 11) is 0. The number of carbonyl (C=O) groups is 4. The normalized spacial score (nSPS) is 27.4. The first-order chi connectivity index (χ1) is 70.5. The van der Waals surface area contributed by atoms with Crippen LogP contribution in [0.1, 0.15) is 352 Å². The van der Waals surface area contributed by atoms with Crippen LogP contribution in [0.5, 0.6) is 5.75 Å². The van der Waals surface area contributed by atoms with E-state index in [1.54, 1.807) is 57.5 Å². The molecule has 8 bridgehead atoms. The minimum Gasteiger partial charge on any atom is -0.508 e. The van der Waals surface area contributed by atoms with Gasteiger partial charge in [0.15, 0.2) is 5.78 Å². The van der Waals surface area contributed by atoms with Crippen LogP contribution in [0.25, 0.3) is 10.1 Å². The lowest BCUT2D eigenvalue weighted by molar-refractivity contribution is -0.136. The van der Waals surface area contributed by atoms with Gasteiger partial charge in [0.25, 0.3) is 0 Å². The first kappa shape index (κ1) is 115. The molecule has 8 heterocycles. The number of aryl methyl sites for hydroxylation is 3. The van der Waals surface area contributed by atoms with Crippen molar-refractivity contribution in [1.29, 1.82) is 0 Å². The van der Waals surface area contributed by atoms with Gasteiger partial charge in [-0.3, -0.25) is 38.9 Å². The zero-order valence-electron chi connectivity index (χ0n) is 95.6. The number of phenolic OH excluding ortho intramolecular Hbond substituents is 1. The summed E-state index contributed by atoms with van der Waals surface area (Å²) in [5, 5.41) is 24.8. The zero-order chi connectivity index (χ0) is 107. The first-order valence-electron chi connectivity index (χ1n) is 58.4. The molecular weight excluding hydrogens is 1890 g/mol. The van der Waals surface area contributed by atoms with Crippen LogP contribution in [0, 0.1) is 33.5 Å². The predicted molar refractivity (Wildman–Crippen MR) is 617 cm³/mol. The fraction of sp³-hybridized carbons (Fsp3) is 0.659. The Balaban J connectivity index is 0.000000133. The number of piperazine rings is 1. The highest BCUT2D eigenvalue weighted by Gasteiger charge is 2.63. The van der Waals surface area contributed by atoms with Crippen molar-refractivity contribution in [2.24, 2.45) is 33.5 Å². The monoisotopic (exact) mass is 2080 g/mol. The van der Waals surface area contributed by atoms with E-state index in [-0.39, 0.29) is 63.0 Å². The Morgan fingerprint density at radius 1 is 0.547 bits per heavy atom. The van der Waals surface area contributed by atoms with Crippen LogP contribution >= 0.6 is 34.5 Å². The number of ether oxygens (including phenoxy) is 1. The molecule has 0 radical (unpaired) electrons. The maximum absolute atomic E-state index is 13.5. The van der Waals surface area contributed by atoms with E-state index < -0.39 is 5.60 Å². The van der Waals surface area contributed by atoms with Crippen LogP contribution in [0.3, 0.4) is 0 Å². The number of β-amino-alcohol motifs (C(OH)–C–C–N with tert-alkyl or cyclic N) is 1. The van der Waals surface area contributed by atoms with Gasteiger partial charge in [0.1, 0.15) is 5.75 Å². The molecule has 7 aromatic rings. The third-order valence-corrected chi connectivity index (χ3v) is 41.6. The number of hydrogen-bond donors (Lipinski definition) is 2. The van der Waals surface area contributed by atoms with Crippen LogP contribution in [0.15, 0.2) is 132 Å². The number of nitrogens with zero attached hydrogens (tertiary/aromatic N) is 9. The van der Waals surface area contributed by atoms with Crippen LogP contribution in [-0.2, 0) is 87.4 Å². The van der Waals surface area contributed by atoms with Gasteiger partial charge in [0, 0.05) is 116 Å². The number of likely N-dealkylation sites (tertiary alicyclic amines) is 6. The zero-order valence-corrected chi connectivity index (χ0v) is 97.9. The highest BCUT2D eigenvalue weighted by atomic mass is 35.5. The molecule has 7 aliphatic heterocycles. The molecule has 3 amide bonds. The topological polar surface area (TPSA) is 147 Å². The number of benzene rings is 6. The van der Waals surface area contributed by atoms with Crippen LogP contribution in [0.4, 0.5) is 4.79 Å². The number of halogens is 2. The second-order valence-electron chi connectivity index (χ2n) is 50.5. The van der Waals surface area contributed by atoms with Gasteiger partial charge < -0.3 is 34.5 Å². The summed E-state index contributed by atoms with van der Waals surface area (Å²) < 4.78 is 6.44. The molecule has 0 spiro atoms. The highest BCUT2D eigenvalue weighted by molar-refractivity contribution is 7.17. The van der Waals surface area contributed by atoms with E-state index in [1.165, 1.54) is 196 Å². The molecule has 7 saturated heterocycles. The smallest absolute Gasteiger partial charge is 0.409 e. The van der Waals surface area contributed by atoms with Gasteiger partial charge >= 0.3 is 6.09 Å². The van der Waals surface area contributed by atoms with Gasteiger partial charge in [0.2, 0.25) is 11.8 Å². The number of aliphatic hydroxyl groups is 1. The predicted octanol–water partition coefficient (Wildman–Crippen LogP) is 26.8. The number of fused-ring (bicyclic) bond motifs is 17. The molecule has 16 nitrogen and oxygen atoms in total. The largest absolute Gasteiger partial charge is 0.508 e. The molecule has 12 unspecified atom stereocenters. The fourth-order valence-electron chi connectivity index (χ4n) is 30.3. The molecule has 9 fully saturated rings. The lowest BCUT2D eigenvalue weighted by Crippen LogP contribution is -2.67. The Morgan fingerprint density at radius 2 is 1.11 bits per heavy atom. The number of likely N-dealkylation sites (N-methyl/N-ethyl adjacent to an activating group) is 1. The van der Waals surface area contributed by atoms with E-state index in [0.29, 0.717) is 101 Å². The van der Waals surface area contributed by atoms with Gasteiger partial charge in [-0.15, -0.1) is 11.3 Å². The third kappa shape index (κ3) is 24.0. The van der Waals surface area contributed by atoms with Crippen molar-refractivity contribution in [2.75, 3.05) is 118 Å². The Bertz CT molecular complexity index is 5740. The number of piperidine rings is 4. The number of amides is 3. The second kappa shape index (κ2) is 48.2. The van der Waals surface area contributed by atoms with Gasteiger partial charge in [0.05, 0.1) is 47.2 Å². The van der Waals surface area contributed by atoms with E-state index in [0.717, 1.165) is 127 Å². The van der Waals surface area contributed by atoms with E-state index >= 15 is 0 Å². The molecule has 2 saturated carbocycles. The van der Waals surface area contributed by atoms with E-state index in [1.807, 2.05) is 30.9 Å². The molecule has 2 N–H and O–H groups in total. The van der Waals surface area contributed by atoms with E-state index in [2.05, 4.69) is 275 Å². The standard InChI is InChI=1S/C22H30N2OS.C22H31NO.2C22H35NO.C21H31N.C20H27Cl2N3O3/c1-2-24(20-10-4-3-9-19(20)23-13-5-6-14-23)22(25)16-17-8-7-11-21-18(17)12-15-26-21;1-5-15-9-10-17-18(13-15)22(6-2)11-12-23(14-16-7-8-16)20(19(17)24)21(22,3)4;1-7-20(3,4)15-23-12-11-22(8-2)18-14-17(24)10-9-16(18)13-19(23)21(22,5)6;1-7-16-9-10-17-14-19-21(5,6)22(8-2,18(17)13-16)11-12-23(19)15-20(3,4)24;1-6-17-7-8-18-14-20-16(4)21(5,19(18)13-17)10-12-22(20)11-9-15(2)3;1-2-28-20(27)24-9-10-25(16(14-24)13-23-7-3-4-8-23)19(26)12-15-5-6-17(21)18(22)11-15/h7-8,11-12,15,19-20H,2-6,9-10,13-14,16H2,1H3;9-10,13,16,20H,5-8,11-12,14H2,1-4H3;9-10,14,19,24H,7-8,11-13,15H2,1-6H3;9-10,13,19,24H,7-8,11-12,14-15H2,1-6H3;7-9,13,16,20H,6,10-12,14H2,1-5H3;5-6,11,16H,2-4,7-10,12-14H2,1H3. The molecule has 1 aromatic heterocycles. The highest BCUT2D eigenvalue weighted by Crippen LogP contribution is 2.63. The number of carbonyl (C=O) groups excluding carboxylic acids is 4. The Labute approximate surface area is 907 Å². The number of Topliss-reactive ketones (excluding diaryl/α,β-unsaturated/α-hetero) is 1. The summed E-state index contributed by atoms with van der Waals surface area (Å²) in [6, 6.07) is 43.8. The summed E-state index contributed by atoms with van der Waals surface area (Å²) in [5.41, 5.74) is 20.6. The SMILES string of the molecule is CCC(C)(C)CN1CCC2(CC)c3cc(O)ccc3CC1C2(C)C.CCN(C(=O)Cc1cccc2sccc12)C1CCCCC1N1CCCC1.CCOC(=O)N1CCN(C(=O)Cc2ccc(Cl)c(Cl)c2)C(CN2CCCC2)C1.CCc1ccc2c(c1)C1(C)CCN(CC=C(C)C)C(C2)C1C.CCc1ccc2c(c1)C1(CC)CCN(CC(C)(C)O)C(C2)C1(C)C.CCc1ccc2c(c1)C1(CC)CCN(CC3CC3)C(C2=O)C1(C)C. The van der Waals surface area contributed by atoms with Crippen molar-refractivity contribution in [3.8, 4) is 5.75 Å². The lowest BCUT2D eigenvalue weighted by Gasteiger charge is -2.63. The quantitative estimate of drug-likeness (QED) is 0.0524. The number of allylic oxidation sites excluding steroid dienone is 1. The van der Waals surface area contributed by atoms with Gasteiger partial charge in [-0.2, -0.15) is 0 Å². The number of hydrogen-bond acceptors (Lipinski definition) is 14. The van der Waals surface area contributed by atoms with Crippen LogP contribution < -0.4 is 0 Å². The van der Waals surface area contributed by atoms with Crippen molar-refractivity contribution in [3.05, 3.63) is 215 Å². The maximum atomic E-state index is 13.5. The summed E-state index contributed by atoms with van der Waals surface area (Å²) >= 11 is 13.8. The summed E-state index contributed by atoms with van der Waals surface area (Å²) in [5.74, 6) is 2.74. The average Bonchev–Trinajstić information content (AvgIpc) is 0.749. The average molecular weight is 2080 g/mol. The Hall–Kier alpha value is -7.00. The minimum absolute atomic E-state index is 0.00530. The molecule has 148 heavy (non-hydrogen) atoms. The molecule has 6 aliphatic carbocycles. The van der Waals surface area contributed by atoms with Gasteiger partial charge in [-0.05, 0) is 388 Å². The number of phenols is 1. The number of aromatic hydroxyl groups is 1.